The Bertz CT molecular complexity index is 624. The van der Waals surface area contributed by atoms with Crippen molar-refractivity contribution >= 4 is 15.9 Å². The average Bonchev–Trinajstić information content (AvgIpc) is 2.41. The van der Waals surface area contributed by atoms with E-state index < -0.39 is 0 Å². The van der Waals surface area contributed by atoms with E-state index in [2.05, 4.69) is 40.2 Å². The van der Waals surface area contributed by atoms with Crippen LogP contribution in [0.15, 0.2) is 46.9 Å². The van der Waals surface area contributed by atoms with Crippen LogP contribution in [-0.4, -0.2) is 6.61 Å². The van der Waals surface area contributed by atoms with Crippen LogP contribution in [0.5, 0.6) is 5.75 Å². The van der Waals surface area contributed by atoms with Crippen molar-refractivity contribution in [2.24, 2.45) is 5.73 Å². The molecule has 3 heteroatoms. The molecule has 104 valence electrons. The number of nitrogens with two attached hydrogens (primary N) is 1. The van der Waals surface area contributed by atoms with Gasteiger partial charge in [0.05, 0.1) is 6.61 Å². The van der Waals surface area contributed by atoms with Gasteiger partial charge in [-0.05, 0) is 42.7 Å². The van der Waals surface area contributed by atoms with Crippen LogP contribution in [0.2, 0.25) is 0 Å². The van der Waals surface area contributed by atoms with Crippen LogP contribution < -0.4 is 10.5 Å². The Morgan fingerprint density at radius 3 is 2.85 bits per heavy atom. The number of fused-ring (bicyclic) bond motifs is 1. The minimum absolute atomic E-state index is 0.0313. The van der Waals surface area contributed by atoms with E-state index in [1.165, 1.54) is 11.1 Å². The van der Waals surface area contributed by atoms with Gasteiger partial charge < -0.3 is 10.5 Å². The van der Waals surface area contributed by atoms with Crippen molar-refractivity contribution in [3.8, 4) is 5.75 Å². The number of benzene rings is 2. The molecule has 2 aromatic rings. The van der Waals surface area contributed by atoms with Crippen LogP contribution in [0.3, 0.4) is 0 Å². The monoisotopic (exact) mass is 331 g/mol. The van der Waals surface area contributed by atoms with E-state index in [-0.39, 0.29) is 6.04 Å². The van der Waals surface area contributed by atoms with Crippen molar-refractivity contribution < 1.29 is 4.74 Å². The lowest BCUT2D eigenvalue weighted by molar-refractivity contribution is 0.272. The van der Waals surface area contributed by atoms with Crippen molar-refractivity contribution in [3.05, 3.63) is 63.6 Å². The number of hydrogen-bond donors (Lipinski definition) is 1. The minimum Gasteiger partial charge on any atom is -0.493 e. The van der Waals surface area contributed by atoms with Crippen LogP contribution in [0, 0.1) is 0 Å². The zero-order valence-electron chi connectivity index (χ0n) is 11.5. The highest BCUT2D eigenvalue weighted by Gasteiger charge is 2.26. The van der Waals surface area contributed by atoms with Crippen LogP contribution in [0.25, 0.3) is 0 Å². The molecular formula is C17H18BrNO. The van der Waals surface area contributed by atoms with Gasteiger partial charge in [0.15, 0.2) is 0 Å². The van der Waals surface area contributed by atoms with Gasteiger partial charge in [0, 0.05) is 22.0 Å². The molecule has 1 unspecified atom stereocenters. The summed E-state index contributed by atoms with van der Waals surface area (Å²) in [5.74, 6) is 1.41. The van der Waals surface area contributed by atoms with E-state index >= 15 is 0 Å². The smallest absolute Gasteiger partial charge is 0.124 e. The molecule has 2 nitrogen and oxygen atoms in total. The van der Waals surface area contributed by atoms with Gasteiger partial charge in [-0.2, -0.15) is 0 Å². The van der Waals surface area contributed by atoms with Gasteiger partial charge >= 0.3 is 0 Å². The topological polar surface area (TPSA) is 35.2 Å². The molecule has 0 fully saturated rings. The Morgan fingerprint density at radius 1 is 1.30 bits per heavy atom. The second-order valence-electron chi connectivity index (χ2n) is 5.38. The molecule has 0 heterocycles. The molecule has 0 spiro atoms. The third kappa shape index (κ3) is 2.60. The molecule has 0 bridgehead atoms. The van der Waals surface area contributed by atoms with E-state index in [1.807, 2.05) is 25.1 Å². The van der Waals surface area contributed by atoms with E-state index in [0.717, 1.165) is 28.8 Å². The normalized spacial score (nSPS) is 18.1. The number of ether oxygens (including phenoxy) is 1. The first-order valence-corrected chi connectivity index (χ1v) is 7.70. The van der Waals surface area contributed by atoms with Gasteiger partial charge in [0.1, 0.15) is 5.75 Å². The molecule has 0 aliphatic heterocycles. The van der Waals surface area contributed by atoms with E-state index in [4.69, 9.17) is 10.5 Å². The Hall–Kier alpha value is -1.32. The van der Waals surface area contributed by atoms with Crippen molar-refractivity contribution in [1.29, 1.82) is 0 Å². The Kier molecular flexibility index (Phi) is 3.81. The quantitative estimate of drug-likeness (QED) is 0.911. The lowest BCUT2D eigenvalue weighted by atomic mass is 9.78. The van der Waals surface area contributed by atoms with Crippen LogP contribution in [0.4, 0.5) is 0 Å². The third-order valence-electron chi connectivity index (χ3n) is 3.86. The molecule has 0 amide bonds. The van der Waals surface area contributed by atoms with Gasteiger partial charge in [-0.3, -0.25) is 0 Å². The maximum Gasteiger partial charge on any atom is 0.124 e. The Morgan fingerprint density at radius 2 is 2.10 bits per heavy atom. The van der Waals surface area contributed by atoms with Gasteiger partial charge in [-0.15, -0.1) is 0 Å². The minimum atomic E-state index is -0.0313. The van der Waals surface area contributed by atoms with Crippen molar-refractivity contribution in [2.45, 2.75) is 25.3 Å². The fourth-order valence-corrected chi connectivity index (χ4v) is 3.09. The summed E-state index contributed by atoms with van der Waals surface area (Å²) < 4.78 is 7.05. The maximum atomic E-state index is 6.01. The first-order valence-electron chi connectivity index (χ1n) is 6.91. The molecule has 0 saturated heterocycles. The van der Waals surface area contributed by atoms with Crippen molar-refractivity contribution in [3.63, 3.8) is 0 Å². The Labute approximate surface area is 128 Å². The average molecular weight is 332 g/mol. The lowest BCUT2D eigenvalue weighted by Crippen LogP contribution is -2.23. The fraction of sp³-hybridized carbons (Fsp3) is 0.294. The Balaban J connectivity index is 1.71. The summed E-state index contributed by atoms with van der Waals surface area (Å²) in [7, 11) is 0. The van der Waals surface area contributed by atoms with Gasteiger partial charge in [0.25, 0.3) is 0 Å². The second kappa shape index (κ2) is 5.58. The molecule has 2 N–H and O–H groups in total. The molecule has 0 aromatic heterocycles. The van der Waals surface area contributed by atoms with Gasteiger partial charge in [0.2, 0.25) is 0 Å². The number of rotatable bonds is 4. The summed E-state index contributed by atoms with van der Waals surface area (Å²) in [5, 5.41) is 0. The number of hydrogen-bond acceptors (Lipinski definition) is 2. The highest BCUT2D eigenvalue weighted by Crippen LogP contribution is 2.36. The number of halogens is 1. The van der Waals surface area contributed by atoms with E-state index in [1.54, 1.807) is 0 Å². The standard InChI is InChI=1S/C17H18BrNO/c1-11(19)16-9-14(18)6-7-17(16)20-10-13-8-12-4-2-3-5-15(12)13/h2-7,9,11,13H,8,10,19H2,1H3/t11-,13?/m0/s1. The maximum absolute atomic E-state index is 6.01. The highest BCUT2D eigenvalue weighted by atomic mass is 79.9. The van der Waals surface area contributed by atoms with Crippen LogP contribution in [0.1, 0.15) is 35.6 Å². The SMILES string of the molecule is C[C@H](N)c1cc(Br)ccc1OCC1Cc2ccccc21. The predicted molar refractivity (Wildman–Crippen MR) is 85.1 cm³/mol. The molecule has 0 radical (unpaired) electrons. The van der Waals surface area contributed by atoms with Crippen LogP contribution in [-0.2, 0) is 6.42 Å². The third-order valence-corrected chi connectivity index (χ3v) is 4.36. The van der Waals surface area contributed by atoms with E-state index in [9.17, 15) is 0 Å². The predicted octanol–water partition coefficient (Wildman–Crippen LogP) is 4.19. The fourth-order valence-electron chi connectivity index (χ4n) is 2.71. The molecule has 1 aliphatic rings. The first-order chi connectivity index (χ1) is 9.65. The largest absolute Gasteiger partial charge is 0.493 e. The van der Waals surface area contributed by atoms with Crippen molar-refractivity contribution in [2.75, 3.05) is 6.61 Å². The molecule has 2 atom stereocenters. The molecule has 0 saturated carbocycles. The summed E-state index contributed by atoms with van der Waals surface area (Å²) >= 11 is 3.48. The summed E-state index contributed by atoms with van der Waals surface area (Å²) in [5.41, 5.74) is 9.93. The molecule has 20 heavy (non-hydrogen) atoms. The summed E-state index contributed by atoms with van der Waals surface area (Å²) in [6, 6.07) is 14.6. The van der Waals surface area contributed by atoms with Crippen molar-refractivity contribution in [1.82, 2.24) is 0 Å². The summed E-state index contributed by atoms with van der Waals surface area (Å²) in [6.45, 7) is 2.70. The molecule has 1 aliphatic carbocycles. The summed E-state index contributed by atoms with van der Waals surface area (Å²) in [6.07, 6.45) is 1.11. The molecule has 2 aromatic carbocycles. The summed E-state index contributed by atoms with van der Waals surface area (Å²) in [4.78, 5) is 0. The van der Waals surface area contributed by atoms with Gasteiger partial charge in [-0.1, -0.05) is 40.2 Å². The first kappa shape index (κ1) is 13.7. The van der Waals surface area contributed by atoms with Crippen LogP contribution >= 0.6 is 15.9 Å². The zero-order valence-corrected chi connectivity index (χ0v) is 13.1. The molecule has 3 rings (SSSR count). The van der Waals surface area contributed by atoms with Gasteiger partial charge in [-0.25, -0.2) is 0 Å². The van der Waals surface area contributed by atoms with E-state index in [0.29, 0.717) is 5.92 Å². The zero-order chi connectivity index (χ0) is 14.1. The second-order valence-corrected chi connectivity index (χ2v) is 6.30. The lowest BCUT2D eigenvalue weighted by Gasteiger charge is -2.30. The molecular weight excluding hydrogens is 314 g/mol. The highest BCUT2D eigenvalue weighted by molar-refractivity contribution is 9.10.